The summed E-state index contributed by atoms with van der Waals surface area (Å²) < 4.78 is 33.5. The van der Waals surface area contributed by atoms with Crippen molar-refractivity contribution < 1.29 is 47.6 Å². The molecule has 3 N–H and O–H groups in total. The van der Waals surface area contributed by atoms with E-state index in [4.69, 9.17) is 46.6 Å². The van der Waals surface area contributed by atoms with Crippen LogP contribution in [0.3, 0.4) is 0 Å². The van der Waals surface area contributed by atoms with Gasteiger partial charge in [-0.3, -0.25) is 19.2 Å². The molecule has 4 amide bonds. The number of ether oxygens (including phenoxy) is 6. The summed E-state index contributed by atoms with van der Waals surface area (Å²) >= 11 is 7.50. The lowest BCUT2D eigenvalue weighted by molar-refractivity contribution is -0.127. The number of rotatable bonds is 28. The molecule has 1 unspecified atom stereocenters. The summed E-state index contributed by atoms with van der Waals surface area (Å²) in [6.45, 7) is 16.1. The van der Waals surface area contributed by atoms with Gasteiger partial charge in [0, 0.05) is 66.1 Å². The van der Waals surface area contributed by atoms with Gasteiger partial charge in [0.05, 0.1) is 84.7 Å². The van der Waals surface area contributed by atoms with Crippen LogP contribution in [0.15, 0.2) is 108 Å². The molecule has 19 heteroatoms. The molecule has 7 rings (SSSR count). The summed E-state index contributed by atoms with van der Waals surface area (Å²) in [5.74, 6) is -0.235. The minimum atomic E-state index is -0.303. The van der Waals surface area contributed by atoms with Crippen LogP contribution in [-0.4, -0.2) is 132 Å². The Hall–Kier alpha value is -6.69. The molecule has 3 atom stereocenters. The number of carbonyl (C=O) groups is 4. The summed E-state index contributed by atoms with van der Waals surface area (Å²) in [5, 5.41) is 12.4. The Morgan fingerprint density at radius 3 is 2.04 bits per heavy atom. The Kier molecular flexibility index (Phi) is 22.0. The number of likely N-dealkylation sites (tertiary alicyclic amines) is 1. The maximum atomic E-state index is 13.2. The minimum Gasteiger partial charge on any atom is -0.484 e. The number of anilines is 2. The van der Waals surface area contributed by atoms with Gasteiger partial charge in [0.1, 0.15) is 10.8 Å². The number of aromatic nitrogens is 1. The molecule has 0 saturated carbocycles. The number of hydrogen-bond donors (Lipinski definition) is 3. The van der Waals surface area contributed by atoms with Crippen molar-refractivity contribution in [2.75, 3.05) is 103 Å². The monoisotopic (exact) mass is 1060 g/mol. The Morgan fingerprint density at radius 1 is 0.800 bits per heavy atom. The van der Waals surface area contributed by atoms with Crippen molar-refractivity contribution in [1.82, 2.24) is 20.5 Å². The van der Waals surface area contributed by atoms with Gasteiger partial charge in [0.15, 0.2) is 6.61 Å². The number of nitrogens with zero attached hydrogens (tertiary/aromatic N) is 4. The van der Waals surface area contributed by atoms with Crippen LogP contribution in [-0.2, 0) is 38.1 Å². The summed E-state index contributed by atoms with van der Waals surface area (Å²) in [7, 11) is 0. The topological polar surface area (TPSA) is 183 Å². The molecule has 2 aliphatic rings. The van der Waals surface area contributed by atoms with Gasteiger partial charge in [-0.05, 0) is 115 Å². The first-order chi connectivity index (χ1) is 36.6. The molecule has 0 spiro atoms. The number of thiazole rings is 1. The van der Waals surface area contributed by atoms with Crippen molar-refractivity contribution in [2.45, 2.75) is 51.2 Å². The van der Waals surface area contributed by atoms with Gasteiger partial charge in [-0.2, -0.15) is 0 Å². The van der Waals surface area contributed by atoms with Crippen molar-refractivity contribution in [2.24, 2.45) is 0 Å². The Balaban J connectivity index is 0.662. The normalized spacial score (nSPS) is 16.2. The van der Waals surface area contributed by atoms with Crippen LogP contribution in [0.4, 0.5) is 11.4 Å². The quantitative estimate of drug-likeness (QED) is 0.0248. The lowest BCUT2D eigenvalue weighted by Gasteiger charge is -2.39. The van der Waals surface area contributed by atoms with Crippen LogP contribution in [0.2, 0.25) is 5.02 Å². The van der Waals surface area contributed by atoms with Crippen LogP contribution in [0.25, 0.3) is 22.0 Å². The minimum absolute atomic E-state index is 0.00211. The van der Waals surface area contributed by atoms with E-state index in [2.05, 4.69) is 38.8 Å². The molecule has 0 bridgehead atoms. The molecule has 2 aliphatic heterocycles. The number of amides is 4. The van der Waals surface area contributed by atoms with Crippen LogP contribution in [0.5, 0.6) is 5.75 Å². The van der Waals surface area contributed by atoms with Gasteiger partial charge in [-0.25, -0.2) is 9.83 Å². The first-order valence-electron chi connectivity index (χ1n) is 25.1. The Labute approximate surface area is 447 Å². The predicted octanol–water partition coefficient (Wildman–Crippen LogP) is 8.39. The van der Waals surface area contributed by atoms with Crippen LogP contribution >= 0.6 is 22.9 Å². The molecule has 396 valence electrons. The standard InChI is InChI=1S/C56H64ClN7O10S/c1-39-35-49(62-46-15-13-45(57)14-16-46)48-36-44(12-19-52(48)64(39)40(2)65)41-6-8-43(9-7-41)55(67)61-21-25-70-27-29-72-31-33-73-32-30-71-28-26-69-24-20-59-53(66)38-74-47-17-10-42(11-18-47)51-5-4-23-63(51)56(68)50(58-3)37-54-60-22-34-75-54/h6-19,22,34,36-37,39,49,51,62H,4-5,20-21,23-33,35,38H2,1-2H3,(H,59,66)(H,61,67)/b50-37-/t39-,49+,51?/m0/s1. The summed E-state index contributed by atoms with van der Waals surface area (Å²) in [5.41, 5.74) is 6.34. The number of hydrogen-bond acceptors (Lipinski definition) is 13. The highest BCUT2D eigenvalue weighted by molar-refractivity contribution is 7.10. The number of fused-ring (bicyclic) bond motifs is 1. The van der Waals surface area contributed by atoms with E-state index in [-0.39, 0.29) is 54.1 Å². The lowest BCUT2D eigenvalue weighted by Crippen LogP contribution is -2.43. The third-order valence-corrected chi connectivity index (χ3v) is 13.4. The van der Waals surface area contributed by atoms with Gasteiger partial charge in [0.2, 0.25) is 5.91 Å². The summed E-state index contributed by atoms with van der Waals surface area (Å²) in [6, 6.07) is 28.4. The van der Waals surface area contributed by atoms with E-state index in [0.29, 0.717) is 107 Å². The second kappa shape index (κ2) is 29.4. The molecule has 1 fully saturated rings. The van der Waals surface area contributed by atoms with Gasteiger partial charge in [0.25, 0.3) is 23.4 Å². The maximum Gasteiger partial charge on any atom is 0.258 e. The van der Waals surface area contributed by atoms with Crippen molar-refractivity contribution in [3.8, 4) is 16.9 Å². The highest BCUT2D eigenvalue weighted by Gasteiger charge is 2.34. The van der Waals surface area contributed by atoms with Crippen molar-refractivity contribution in [3.63, 3.8) is 0 Å². The Bertz CT molecular complexity index is 2700. The van der Waals surface area contributed by atoms with Crippen LogP contribution in [0.1, 0.15) is 71.7 Å². The molecular weight excluding hydrogens is 998 g/mol. The van der Waals surface area contributed by atoms with E-state index in [1.54, 1.807) is 47.7 Å². The average molecular weight is 1060 g/mol. The summed E-state index contributed by atoms with van der Waals surface area (Å²) in [4.78, 5) is 62.3. The SMILES string of the molecule is [C-]#[N+]/C(=C\c1nccs1)C(=O)N1CCCC1c1ccc(OCC(=O)NCCOCCOCCOCCOCCOCCNC(=O)c2ccc(-c3ccc4c(c3)[C@H](Nc3ccc(Cl)cc3)C[C@H](C)N4C(C)=O)cc2)cc1. The smallest absolute Gasteiger partial charge is 0.258 e. The van der Waals surface area contributed by atoms with Gasteiger partial charge >= 0.3 is 0 Å². The van der Waals surface area contributed by atoms with Gasteiger partial charge in [-0.15, -0.1) is 11.3 Å². The van der Waals surface area contributed by atoms with E-state index in [0.717, 1.165) is 52.9 Å². The third kappa shape index (κ3) is 16.9. The summed E-state index contributed by atoms with van der Waals surface area (Å²) in [6.07, 6.45) is 5.55. The molecule has 17 nitrogen and oxygen atoms in total. The second-order valence-corrected chi connectivity index (χ2v) is 19.1. The number of carbonyl (C=O) groups excluding carboxylic acids is 4. The Morgan fingerprint density at radius 2 is 1.43 bits per heavy atom. The van der Waals surface area contributed by atoms with Crippen LogP contribution in [0, 0.1) is 6.57 Å². The molecule has 1 aromatic heterocycles. The van der Waals surface area contributed by atoms with E-state index in [1.807, 2.05) is 65.6 Å². The van der Waals surface area contributed by atoms with Crippen molar-refractivity contribution in [3.05, 3.63) is 146 Å². The zero-order chi connectivity index (χ0) is 52.8. The van der Waals surface area contributed by atoms with Crippen molar-refractivity contribution >= 4 is 64.0 Å². The zero-order valence-corrected chi connectivity index (χ0v) is 43.9. The fraction of sp³-hybridized carbons (Fsp3) is 0.393. The fourth-order valence-corrected chi connectivity index (χ4v) is 9.55. The first-order valence-corrected chi connectivity index (χ1v) is 26.4. The van der Waals surface area contributed by atoms with Gasteiger partial charge in [-0.1, -0.05) is 41.9 Å². The van der Waals surface area contributed by atoms with E-state index < -0.39 is 0 Å². The third-order valence-electron chi connectivity index (χ3n) is 12.5. The van der Waals surface area contributed by atoms with E-state index >= 15 is 0 Å². The number of nitrogens with one attached hydrogen (secondary N) is 3. The molecule has 0 radical (unpaired) electrons. The molecule has 75 heavy (non-hydrogen) atoms. The van der Waals surface area contributed by atoms with Crippen LogP contribution < -0.4 is 25.6 Å². The zero-order valence-electron chi connectivity index (χ0n) is 42.3. The largest absolute Gasteiger partial charge is 0.484 e. The van der Waals surface area contributed by atoms with Gasteiger partial charge < -0.3 is 54.2 Å². The molecule has 5 aromatic rings. The van der Waals surface area contributed by atoms with Crippen molar-refractivity contribution in [1.29, 1.82) is 0 Å². The predicted molar refractivity (Wildman–Crippen MR) is 289 cm³/mol. The lowest BCUT2D eigenvalue weighted by atomic mass is 9.88. The highest BCUT2D eigenvalue weighted by Crippen LogP contribution is 2.41. The van der Waals surface area contributed by atoms with E-state index in [1.165, 1.54) is 17.4 Å². The molecule has 0 aliphatic carbocycles. The average Bonchev–Trinajstić information content (AvgIpc) is 4.14. The maximum absolute atomic E-state index is 13.2. The molecule has 3 heterocycles. The highest BCUT2D eigenvalue weighted by atomic mass is 35.5. The second-order valence-electron chi connectivity index (χ2n) is 17.7. The number of halogens is 1. The first kappa shape index (κ1) is 56.0. The molecular formula is C56H64ClN7O10S. The van der Waals surface area contributed by atoms with E-state index in [9.17, 15) is 19.2 Å². The molecule has 4 aromatic carbocycles. The molecule has 1 saturated heterocycles. The number of benzene rings is 4. The fourth-order valence-electron chi connectivity index (χ4n) is 8.86.